The fourth-order valence-corrected chi connectivity index (χ4v) is 1.32. The molecule has 0 bridgehead atoms. The van der Waals surface area contributed by atoms with E-state index in [0.29, 0.717) is 12.2 Å². The van der Waals surface area contributed by atoms with E-state index in [1.165, 1.54) is 0 Å². The number of nitrogens with two attached hydrogens (primary N) is 1. The number of aromatic nitrogens is 2. The third kappa shape index (κ3) is 1.47. The number of nitrogens with zero attached hydrogens (tertiary/aromatic N) is 2. The van der Waals surface area contributed by atoms with Crippen LogP contribution >= 0.6 is 0 Å². The van der Waals surface area contributed by atoms with Gasteiger partial charge in [-0.05, 0) is 17.7 Å². The van der Waals surface area contributed by atoms with Gasteiger partial charge in [-0.1, -0.05) is 6.07 Å². The van der Waals surface area contributed by atoms with Crippen LogP contribution in [0.4, 0.5) is 0 Å². The molecule has 14 heavy (non-hydrogen) atoms. The molecule has 1 aromatic heterocycles. The van der Waals surface area contributed by atoms with Gasteiger partial charge in [0.2, 0.25) is 0 Å². The highest BCUT2D eigenvalue weighted by molar-refractivity contribution is 5.47. The predicted molar refractivity (Wildman–Crippen MR) is 53.1 cm³/mol. The summed E-state index contributed by atoms with van der Waals surface area (Å²) in [5, 5.41) is 9.69. The lowest BCUT2D eigenvalue weighted by Gasteiger charge is -2.06. The molecule has 1 heterocycles. The van der Waals surface area contributed by atoms with E-state index in [1.54, 1.807) is 29.4 Å². The Hall–Kier alpha value is -1.81. The van der Waals surface area contributed by atoms with Gasteiger partial charge in [-0.3, -0.25) is 0 Å². The molecule has 1 aromatic carbocycles. The lowest BCUT2D eigenvalue weighted by atomic mass is 10.2. The second-order valence-corrected chi connectivity index (χ2v) is 3.00. The summed E-state index contributed by atoms with van der Waals surface area (Å²) in [5.74, 6) is 0.214. The summed E-state index contributed by atoms with van der Waals surface area (Å²) >= 11 is 0. The third-order valence-electron chi connectivity index (χ3n) is 2.06. The monoisotopic (exact) mass is 189 g/mol. The fraction of sp³-hybridized carbons (Fsp3) is 0.100. The van der Waals surface area contributed by atoms with Gasteiger partial charge in [0.25, 0.3) is 0 Å². The Morgan fingerprint density at radius 3 is 2.86 bits per heavy atom. The molecular formula is C10H11N3O. The van der Waals surface area contributed by atoms with Gasteiger partial charge in [-0.15, -0.1) is 0 Å². The molecule has 0 spiro atoms. The highest BCUT2D eigenvalue weighted by Gasteiger charge is 2.02. The van der Waals surface area contributed by atoms with E-state index in [-0.39, 0.29) is 5.75 Å². The molecule has 0 fully saturated rings. The summed E-state index contributed by atoms with van der Waals surface area (Å²) < 4.78 is 1.75. The predicted octanol–water partition coefficient (Wildman–Crippen LogP) is 1.04. The van der Waals surface area contributed by atoms with Gasteiger partial charge < -0.3 is 15.4 Å². The Balaban J connectivity index is 2.46. The van der Waals surface area contributed by atoms with Crippen molar-refractivity contribution in [3.63, 3.8) is 0 Å². The van der Waals surface area contributed by atoms with E-state index in [0.717, 1.165) is 5.56 Å². The SMILES string of the molecule is NCc1ccc(-n2ccnc2)c(O)c1. The van der Waals surface area contributed by atoms with Crippen LogP contribution in [0.1, 0.15) is 5.56 Å². The van der Waals surface area contributed by atoms with Crippen LogP contribution in [0.2, 0.25) is 0 Å². The highest BCUT2D eigenvalue weighted by atomic mass is 16.3. The Kier molecular flexibility index (Phi) is 2.20. The second-order valence-electron chi connectivity index (χ2n) is 3.00. The van der Waals surface area contributed by atoms with Crippen molar-refractivity contribution in [2.45, 2.75) is 6.54 Å². The molecule has 3 N–H and O–H groups in total. The first kappa shape index (κ1) is 8.77. The molecule has 0 atom stereocenters. The summed E-state index contributed by atoms with van der Waals surface area (Å²) in [5.41, 5.74) is 7.07. The van der Waals surface area contributed by atoms with E-state index >= 15 is 0 Å². The van der Waals surface area contributed by atoms with Crippen LogP contribution in [-0.4, -0.2) is 14.7 Å². The third-order valence-corrected chi connectivity index (χ3v) is 2.06. The van der Waals surface area contributed by atoms with Gasteiger partial charge in [-0.2, -0.15) is 0 Å². The molecule has 72 valence electrons. The Bertz CT molecular complexity index is 423. The van der Waals surface area contributed by atoms with Crippen molar-refractivity contribution in [3.05, 3.63) is 42.5 Å². The van der Waals surface area contributed by atoms with E-state index in [2.05, 4.69) is 4.98 Å². The zero-order chi connectivity index (χ0) is 9.97. The second kappa shape index (κ2) is 3.51. The van der Waals surface area contributed by atoms with Gasteiger partial charge >= 0.3 is 0 Å². The average Bonchev–Trinajstić information content (AvgIpc) is 2.70. The topological polar surface area (TPSA) is 64.1 Å². The van der Waals surface area contributed by atoms with E-state index < -0.39 is 0 Å². The minimum Gasteiger partial charge on any atom is -0.506 e. The van der Waals surface area contributed by atoms with E-state index in [9.17, 15) is 5.11 Å². The summed E-state index contributed by atoms with van der Waals surface area (Å²) in [6, 6.07) is 5.36. The number of aromatic hydroxyl groups is 1. The van der Waals surface area contributed by atoms with Crippen LogP contribution in [-0.2, 0) is 6.54 Å². The van der Waals surface area contributed by atoms with Crippen LogP contribution < -0.4 is 5.73 Å². The molecule has 0 unspecified atom stereocenters. The number of rotatable bonds is 2. The molecule has 2 rings (SSSR count). The molecular weight excluding hydrogens is 178 g/mol. The molecule has 2 aromatic rings. The van der Waals surface area contributed by atoms with Crippen LogP contribution in [0.5, 0.6) is 5.75 Å². The van der Waals surface area contributed by atoms with Crippen molar-refractivity contribution < 1.29 is 5.11 Å². The van der Waals surface area contributed by atoms with Crippen LogP contribution in [0, 0.1) is 0 Å². The van der Waals surface area contributed by atoms with E-state index in [4.69, 9.17) is 5.73 Å². The lowest BCUT2D eigenvalue weighted by Crippen LogP contribution is -1.97. The Morgan fingerprint density at radius 2 is 2.29 bits per heavy atom. The van der Waals surface area contributed by atoms with Crippen molar-refractivity contribution in [2.24, 2.45) is 5.73 Å². The van der Waals surface area contributed by atoms with Crippen LogP contribution in [0.25, 0.3) is 5.69 Å². The number of benzene rings is 1. The Labute approximate surface area is 81.6 Å². The van der Waals surface area contributed by atoms with Crippen molar-refractivity contribution in [1.29, 1.82) is 0 Å². The van der Waals surface area contributed by atoms with Crippen LogP contribution in [0.15, 0.2) is 36.9 Å². The lowest BCUT2D eigenvalue weighted by molar-refractivity contribution is 0.471. The van der Waals surface area contributed by atoms with E-state index in [1.807, 2.05) is 12.1 Å². The highest BCUT2D eigenvalue weighted by Crippen LogP contribution is 2.22. The number of hydrogen-bond acceptors (Lipinski definition) is 3. The van der Waals surface area contributed by atoms with Crippen molar-refractivity contribution in [1.82, 2.24) is 9.55 Å². The van der Waals surface area contributed by atoms with Gasteiger partial charge in [-0.25, -0.2) is 4.98 Å². The fourth-order valence-electron chi connectivity index (χ4n) is 1.32. The summed E-state index contributed by atoms with van der Waals surface area (Å²) in [6.07, 6.45) is 5.07. The largest absolute Gasteiger partial charge is 0.506 e. The summed E-state index contributed by atoms with van der Waals surface area (Å²) in [4.78, 5) is 3.91. The van der Waals surface area contributed by atoms with Crippen molar-refractivity contribution in [2.75, 3.05) is 0 Å². The molecule has 0 aliphatic carbocycles. The number of phenolic OH excluding ortho intramolecular Hbond substituents is 1. The van der Waals surface area contributed by atoms with Gasteiger partial charge in [0, 0.05) is 18.9 Å². The molecule has 0 radical (unpaired) electrons. The molecule has 0 aliphatic heterocycles. The normalized spacial score (nSPS) is 10.4. The van der Waals surface area contributed by atoms with Crippen molar-refractivity contribution >= 4 is 0 Å². The first-order valence-electron chi connectivity index (χ1n) is 4.31. The zero-order valence-electron chi connectivity index (χ0n) is 7.59. The first-order valence-corrected chi connectivity index (χ1v) is 4.31. The molecule has 0 aliphatic rings. The number of phenols is 1. The molecule has 0 saturated heterocycles. The first-order chi connectivity index (χ1) is 6.81. The average molecular weight is 189 g/mol. The maximum absolute atomic E-state index is 9.69. The number of imidazole rings is 1. The molecule has 0 saturated carbocycles. The molecule has 0 amide bonds. The maximum atomic E-state index is 9.69. The minimum absolute atomic E-state index is 0.214. The standard InChI is InChI=1S/C10H11N3O/c11-6-8-1-2-9(10(14)5-8)13-4-3-12-7-13/h1-5,7,14H,6,11H2. The summed E-state index contributed by atoms with van der Waals surface area (Å²) in [7, 11) is 0. The maximum Gasteiger partial charge on any atom is 0.139 e. The summed E-state index contributed by atoms with van der Waals surface area (Å²) in [6.45, 7) is 0.428. The molecule has 4 heteroatoms. The Morgan fingerprint density at radius 1 is 1.43 bits per heavy atom. The number of hydrogen-bond donors (Lipinski definition) is 2. The minimum atomic E-state index is 0.214. The quantitative estimate of drug-likeness (QED) is 0.741. The van der Waals surface area contributed by atoms with Crippen molar-refractivity contribution in [3.8, 4) is 11.4 Å². The zero-order valence-corrected chi connectivity index (χ0v) is 7.59. The smallest absolute Gasteiger partial charge is 0.139 e. The van der Waals surface area contributed by atoms with Gasteiger partial charge in [0.15, 0.2) is 0 Å². The van der Waals surface area contributed by atoms with Crippen LogP contribution in [0.3, 0.4) is 0 Å². The van der Waals surface area contributed by atoms with Gasteiger partial charge in [0.1, 0.15) is 5.75 Å². The molecule has 4 nitrogen and oxygen atoms in total. The van der Waals surface area contributed by atoms with Gasteiger partial charge in [0.05, 0.1) is 12.0 Å².